The number of amides is 1. The fourth-order valence-electron chi connectivity index (χ4n) is 3.54. The van der Waals surface area contributed by atoms with Crippen molar-refractivity contribution < 1.29 is 14.3 Å². The zero-order chi connectivity index (χ0) is 18.8. The Morgan fingerprint density at radius 3 is 2.77 bits per heavy atom. The second-order valence-electron chi connectivity index (χ2n) is 7.20. The molecule has 0 saturated heterocycles. The van der Waals surface area contributed by atoms with E-state index in [0.717, 1.165) is 36.0 Å². The number of hydrogen-bond donors (Lipinski definition) is 1. The minimum atomic E-state index is -0.362. The summed E-state index contributed by atoms with van der Waals surface area (Å²) in [5.41, 5.74) is 4.89. The molecule has 1 aromatic heterocycles. The Balaban J connectivity index is 1.84. The summed E-state index contributed by atoms with van der Waals surface area (Å²) < 4.78 is 4.98. The zero-order valence-corrected chi connectivity index (χ0v) is 16.6. The monoisotopic (exact) mass is 371 g/mol. The fourth-order valence-corrected chi connectivity index (χ4v) is 4.96. The summed E-state index contributed by atoms with van der Waals surface area (Å²) in [4.78, 5) is 26.1. The Kier molecular flexibility index (Phi) is 5.47. The van der Waals surface area contributed by atoms with Crippen molar-refractivity contribution in [1.29, 1.82) is 0 Å². The van der Waals surface area contributed by atoms with Crippen molar-refractivity contribution in [3.8, 4) is 0 Å². The first-order valence-corrected chi connectivity index (χ1v) is 9.79. The maximum absolute atomic E-state index is 12.6. The van der Waals surface area contributed by atoms with Crippen LogP contribution in [0.5, 0.6) is 0 Å². The standard InChI is InChI=1S/C21H25NO3S/c1-12-5-7-15(14(3)9-12)11-18(23)22-20-19(21(24)25-4)16-8-6-13(2)10-17(16)26-20/h5,7,9,13H,6,8,10-11H2,1-4H3,(H,22,23). The Morgan fingerprint density at radius 1 is 1.31 bits per heavy atom. The molecule has 0 radical (unpaired) electrons. The van der Waals surface area contributed by atoms with Crippen molar-refractivity contribution in [3.63, 3.8) is 0 Å². The summed E-state index contributed by atoms with van der Waals surface area (Å²) in [6.07, 6.45) is 3.18. The summed E-state index contributed by atoms with van der Waals surface area (Å²) in [6, 6.07) is 6.08. The number of benzene rings is 1. The average molecular weight is 372 g/mol. The van der Waals surface area contributed by atoms with Crippen molar-refractivity contribution in [1.82, 2.24) is 0 Å². The van der Waals surface area contributed by atoms with Gasteiger partial charge in [-0.05, 0) is 55.7 Å². The van der Waals surface area contributed by atoms with E-state index in [4.69, 9.17) is 4.74 Å². The minimum Gasteiger partial charge on any atom is -0.465 e. The number of anilines is 1. The maximum atomic E-state index is 12.6. The van der Waals surface area contributed by atoms with Crippen molar-refractivity contribution in [3.05, 3.63) is 50.9 Å². The Labute approximate surface area is 158 Å². The first-order chi connectivity index (χ1) is 12.4. The van der Waals surface area contributed by atoms with Gasteiger partial charge in [0.05, 0.1) is 19.1 Å². The van der Waals surface area contributed by atoms with E-state index in [-0.39, 0.29) is 11.9 Å². The van der Waals surface area contributed by atoms with Crippen LogP contribution < -0.4 is 5.32 Å². The molecule has 1 aliphatic rings. The molecule has 1 aliphatic carbocycles. The molecule has 5 heteroatoms. The molecular weight excluding hydrogens is 346 g/mol. The Hall–Kier alpha value is -2.14. The van der Waals surface area contributed by atoms with Gasteiger partial charge in [-0.15, -0.1) is 11.3 Å². The molecule has 3 rings (SSSR count). The van der Waals surface area contributed by atoms with Crippen LogP contribution in [0, 0.1) is 19.8 Å². The third kappa shape index (κ3) is 3.83. The maximum Gasteiger partial charge on any atom is 0.341 e. The molecule has 0 spiro atoms. The highest BCUT2D eigenvalue weighted by Gasteiger charge is 2.28. The number of aryl methyl sites for hydroxylation is 2. The number of methoxy groups -OCH3 is 1. The molecule has 138 valence electrons. The lowest BCUT2D eigenvalue weighted by Crippen LogP contribution is -2.17. The number of carbonyl (C=O) groups is 2. The van der Waals surface area contributed by atoms with Crippen molar-refractivity contribution >= 4 is 28.2 Å². The van der Waals surface area contributed by atoms with Gasteiger partial charge in [0.15, 0.2) is 0 Å². The van der Waals surface area contributed by atoms with E-state index in [1.165, 1.54) is 28.9 Å². The molecule has 1 aromatic carbocycles. The Bertz CT molecular complexity index is 853. The van der Waals surface area contributed by atoms with E-state index < -0.39 is 0 Å². The summed E-state index contributed by atoms with van der Waals surface area (Å²) in [5, 5.41) is 3.60. The lowest BCUT2D eigenvalue weighted by atomic mass is 9.88. The van der Waals surface area contributed by atoms with Crippen LogP contribution in [-0.4, -0.2) is 19.0 Å². The van der Waals surface area contributed by atoms with Gasteiger partial charge in [-0.3, -0.25) is 4.79 Å². The second kappa shape index (κ2) is 7.62. The highest BCUT2D eigenvalue weighted by atomic mass is 32.1. The Morgan fingerprint density at radius 2 is 2.08 bits per heavy atom. The zero-order valence-electron chi connectivity index (χ0n) is 15.8. The van der Waals surface area contributed by atoms with Gasteiger partial charge in [-0.25, -0.2) is 4.79 Å². The predicted molar refractivity (Wildman–Crippen MR) is 105 cm³/mol. The van der Waals surface area contributed by atoms with Gasteiger partial charge in [-0.2, -0.15) is 0 Å². The van der Waals surface area contributed by atoms with Crippen LogP contribution in [-0.2, 0) is 28.8 Å². The molecule has 0 saturated carbocycles. The fraction of sp³-hybridized carbons (Fsp3) is 0.429. The lowest BCUT2D eigenvalue weighted by molar-refractivity contribution is -0.115. The molecular formula is C21H25NO3S. The van der Waals surface area contributed by atoms with Gasteiger partial charge in [0.1, 0.15) is 5.00 Å². The summed E-state index contributed by atoms with van der Waals surface area (Å²) in [5.74, 6) is 0.137. The minimum absolute atomic E-state index is 0.103. The number of carbonyl (C=O) groups excluding carboxylic acids is 2. The van der Waals surface area contributed by atoms with Crippen molar-refractivity contribution in [2.75, 3.05) is 12.4 Å². The normalized spacial score (nSPS) is 16.1. The van der Waals surface area contributed by atoms with E-state index in [9.17, 15) is 9.59 Å². The molecule has 0 aliphatic heterocycles. The van der Waals surface area contributed by atoms with E-state index >= 15 is 0 Å². The number of ether oxygens (including phenoxy) is 1. The number of nitrogens with one attached hydrogen (secondary N) is 1. The summed E-state index contributed by atoms with van der Waals surface area (Å²) in [6.45, 7) is 6.27. The van der Waals surface area contributed by atoms with Crippen LogP contribution in [0.25, 0.3) is 0 Å². The number of thiophene rings is 1. The third-order valence-corrected chi connectivity index (χ3v) is 6.17. The number of hydrogen-bond acceptors (Lipinski definition) is 4. The molecule has 2 aromatic rings. The first kappa shape index (κ1) is 18.6. The van der Waals surface area contributed by atoms with Gasteiger partial charge >= 0.3 is 5.97 Å². The van der Waals surface area contributed by atoms with Crippen LogP contribution in [0.3, 0.4) is 0 Å². The highest BCUT2D eigenvalue weighted by molar-refractivity contribution is 7.17. The molecule has 0 bridgehead atoms. The third-order valence-electron chi connectivity index (χ3n) is 5.00. The topological polar surface area (TPSA) is 55.4 Å². The van der Waals surface area contributed by atoms with E-state index in [1.54, 1.807) is 0 Å². The quantitative estimate of drug-likeness (QED) is 0.808. The SMILES string of the molecule is COC(=O)c1c(NC(=O)Cc2ccc(C)cc2C)sc2c1CCC(C)C2. The molecule has 1 N–H and O–H groups in total. The second-order valence-corrected chi connectivity index (χ2v) is 8.31. The lowest BCUT2D eigenvalue weighted by Gasteiger charge is -2.18. The molecule has 26 heavy (non-hydrogen) atoms. The van der Waals surface area contributed by atoms with Gasteiger partial charge in [-0.1, -0.05) is 30.7 Å². The summed E-state index contributed by atoms with van der Waals surface area (Å²) >= 11 is 1.52. The number of rotatable bonds is 4. The smallest absolute Gasteiger partial charge is 0.341 e. The van der Waals surface area contributed by atoms with Crippen LogP contribution >= 0.6 is 11.3 Å². The molecule has 1 heterocycles. The highest BCUT2D eigenvalue weighted by Crippen LogP contribution is 2.40. The molecule has 1 amide bonds. The van der Waals surface area contributed by atoms with Gasteiger partial charge in [0.2, 0.25) is 5.91 Å². The summed E-state index contributed by atoms with van der Waals surface area (Å²) in [7, 11) is 1.39. The van der Waals surface area contributed by atoms with Crippen molar-refractivity contribution in [2.45, 2.75) is 46.5 Å². The first-order valence-electron chi connectivity index (χ1n) is 8.97. The van der Waals surface area contributed by atoms with E-state index in [0.29, 0.717) is 22.9 Å². The largest absolute Gasteiger partial charge is 0.465 e. The number of esters is 1. The molecule has 1 unspecified atom stereocenters. The predicted octanol–water partition coefficient (Wildman–Crippen LogP) is 4.46. The van der Waals surface area contributed by atoms with E-state index in [1.807, 2.05) is 26.0 Å². The van der Waals surface area contributed by atoms with Crippen LogP contribution in [0.4, 0.5) is 5.00 Å². The van der Waals surface area contributed by atoms with Crippen LogP contribution in [0.2, 0.25) is 0 Å². The molecule has 0 fully saturated rings. The van der Waals surface area contributed by atoms with Crippen LogP contribution in [0.1, 0.15) is 50.8 Å². The van der Waals surface area contributed by atoms with E-state index in [2.05, 4.69) is 18.3 Å². The van der Waals surface area contributed by atoms with Gasteiger partial charge in [0, 0.05) is 4.88 Å². The van der Waals surface area contributed by atoms with Crippen molar-refractivity contribution in [2.24, 2.45) is 5.92 Å². The number of fused-ring (bicyclic) bond motifs is 1. The van der Waals surface area contributed by atoms with Crippen LogP contribution in [0.15, 0.2) is 18.2 Å². The van der Waals surface area contributed by atoms with Gasteiger partial charge < -0.3 is 10.1 Å². The molecule has 4 nitrogen and oxygen atoms in total. The molecule has 1 atom stereocenters. The average Bonchev–Trinajstić information content (AvgIpc) is 2.93. The van der Waals surface area contributed by atoms with Gasteiger partial charge in [0.25, 0.3) is 0 Å².